The molecule has 2 amide bonds. The summed E-state index contributed by atoms with van der Waals surface area (Å²) in [5.41, 5.74) is 1.63. The molecule has 150 valence electrons. The van der Waals surface area contributed by atoms with Crippen molar-refractivity contribution in [1.82, 2.24) is 5.32 Å². The van der Waals surface area contributed by atoms with Gasteiger partial charge in [0, 0.05) is 18.5 Å². The first-order valence-corrected chi connectivity index (χ1v) is 9.77. The molecule has 7 nitrogen and oxygen atoms in total. The van der Waals surface area contributed by atoms with E-state index in [2.05, 4.69) is 10.6 Å². The van der Waals surface area contributed by atoms with Crippen LogP contribution in [0.4, 0.5) is 5.69 Å². The Hall–Kier alpha value is -3.21. The Balaban J connectivity index is 1.56. The molecule has 1 heterocycles. The van der Waals surface area contributed by atoms with Crippen molar-refractivity contribution in [3.8, 4) is 6.07 Å². The second-order valence-corrected chi connectivity index (χ2v) is 6.91. The number of nitrogens with zero attached hydrogens (tertiary/aromatic N) is 1. The standard InChI is InChI=1S/C22H24N4O3/c23-16-17-5-3-6-18(15-17)21(27)25-20-8-2-1-7-19(20)22(28)24-9-4-10-26-11-13-29-14-12-26/h1-3,5-8,15H,4,9-14H2,(H,24,28)(H,25,27)/p+1. The number of para-hydroxylation sites is 1. The lowest BCUT2D eigenvalue weighted by Gasteiger charge is -2.23. The lowest BCUT2D eigenvalue weighted by atomic mass is 10.1. The summed E-state index contributed by atoms with van der Waals surface area (Å²) in [6.07, 6.45) is 0.885. The van der Waals surface area contributed by atoms with Crippen LogP contribution in [0, 0.1) is 11.3 Å². The summed E-state index contributed by atoms with van der Waals surface area (Å²) in [4.78, 5) is 26.6. The van der Waals surface area contributed by atoms with Crippen molar-refractivity contribution in [3.63, 3.8) is 0 Å². The van der Waals surface area contributed by atoms with Crippen molar-refractivity contribution in [3.05, 3.63) is 65.2 Å². The summed E-state index contributed by atoms with van der Waals surface area (Å²) in [5.74, 6) is -0.582. The summed E-state index contributed by atoms with van der Waals surface area (Å²) in [7, 11) is 0. The highest BCUT2D eigenvalue weighted by molar-refractivity contribution is 6.09. The van der Waals surface area contributed by atoms with Crippen LogP contribution in [-0.4, -0.2) is 51.2 Å². The number of ether oxygens (including phenoxy) is 1. The predicted octanol–water partition coefficient (Wildman–Crippen LogP) is 0.846. The summed E-state index contributed by atoms with van der Waals surface area (Å²) in [6, 6.07) is 15.4. The van der Waals surface area contributed by atoms with Gasteiger partial charge in [0.25, 0.3) is 11.8 Å². The fourth-order valence-electron chi connectivity index (χ4n) is 3.26. The van der Waals surface area contributed by atoms with E-state index < -0.39 is 0 Å². The van der Waals surface area contributed by atoms with Crippen LogP contribution >= 0.6 is 0 Å². The Kier molecular flexibility index (Phi) is 7.34. The number of rotatable bonds is 7. The second kappa shape index (κ2) is 10.4. The number of hydrogen-bond donors (Lipinski definition) is 3. The quantitative estimate of drug-likeness (QED) is 0.608. The number of nitrogens with one attached hydrogen (secondary N) is 3. The molecule has 0 unspecified atom stereocenters. The number of hydrogen-bond acceptors (Lipinski definition) is 4. The van der Waals surface area contributed by atoms with E-state index in [1.165, 1.54) is 11.0 Å². The Morgan fingerprint density at radius 3 is 2.66 bits per heavy atom. The van der Waals surface area contributed by atoms with Crippen LogP contribution in [0.1, 0.15) is 32.7 Å². The zero-order valence-corrected chi connectivity index (χ0v) is 16.2. The van der Waals surface area contributed by atoms with Gasteiger partial charge in [-0.05, 0) is 30.3 Å². The summed E-state index contributed by atoms with van der Waals surface area (Å²) in [6.45, 7) is 5.19. The van der Waals surface area contributed by atoms with Gasteiger partial charge in [-0.15, -0.1) is 0 Å². The molecular formula is C22H25N4O3+. The van der Waals surface area contributed by atoms with Gasteiger partial charge in [0.05, 0.1) is 42.6 Å². The van der Waals surface area contributed by atoms with E-state index in [1.54, 1.807) is 42.5 Å². The van der Waals surface area contributed by atoms with E-state index in [0.29, 0.717) is 28.9 Å². The Morgan fingerprint density at radius 2 is 1.86 bits per heavy atom. The van der Waals surface area contributed by atoms with E-state index in [9.17, 15) is 9.59 Å². The number of quaternary nitrogens is 1. The molecule has 0 saturated carbocycles. The third kappa shape index (κ3) is 5.88. The molecule has 0 spiro atoms. The van der Waals surface area contributed by atoms with E-state index in [4.69, 9.17) is 10.00 Å². The largest absolute Gasteiger partial charge is 0.370 e. The number of amides is 2. The minimum Gasteiger partial charge on any atom is -0.370 e. The number of carbonyl (C=O) groups is 2. The number of anilines is 1. The second-order valence-electron chi connectivity index (χ2n) is 6.91. The average molecular weight is 393 g/mol. The Bertz CT molecular complexity index is 901. The predicted molar refractivity (Wildman–Crippen MR) is 109 cm³/mol. The van der Waals surface area contributed by atoms with Crippen LogP contribution in [0.5, 0.6) is 0 Å². The first-order valence-electron chi connectivity index (χ1n) is 9.77. The summed E-state index contributed by atoms with van der Waals surface area (Å²) < 4.78 is 5.35. The number of morpholine rings is 1. The lowest BCUT2D eigenvalue weighted by Crippen LogP contribution is -3.14. The molecule has 0 aliphatic carbocycles. The van der Waals surface area contributed by atoms with Crippen LogP contribution in [0.2, 0.25) is 0 Å². The van der Waals surface area contributed by atoms with Gasteiger partial charge in [0.1, 0.15) is 13.1 Å². The van der Waals surface area contributed by atoms with Gasteiger partial charge in [0.2, 0.25) is 0 Å². The van der Waals surface area contributed by atoms with Crippen molar-refractivity contribution in [1.29, 1.82) is 5.26 Å². The van der Waals surface area contributed by atoms with E-state index in [1.807, 2.05) is 6.07 Å². The zero-order valence-electron chi connectivity index (χ0n) is 16.2. The van der Waals surface area contributed by atoms with Crippen molar-refractivity contribution in [2.24, 2.45) is 0 Å². The maximum Gasteiger partial charge on any atom is 0.255 e. The number of benzene rings is 2. The smallest absolute Gasteiger partial charge is 0.255 e. The molecule has 3 N–H and O–H groups in total. The number of carbonyl (C=O) groups excluding carboxylic acids is 2. The highest BCUT2D eigenvalue weighted by Crippen LogP contribution is 2.16. The van der Waals surface area contributed by atoms with Gasteiger partial charge in [-0.25, -0.2) is 0 Å². The Labute approximate surface area is 170 Å². The maximum atomic E-state index is 12.6. The molecule has 1 aliphatic heterocycles. The van der Waals surface area contributed by atoms with Crippen LogP contribution in [0.25, 0.3) is 0 Å². The van der Waals surface area contributed by atoms with Gasteiger partial charge < -0.3 is 20.3 Å². The minimum atomic E-state index is -0.363. The van der Waals surface area contributed by atoms with Crippen molar-refractivity contribution < 1.29 is 19.2 Å². The molecule has 7 heteroatoms. The first-order chi connectivity index (χ1) is 14.2. The van der Waals surface area contributed by atoms with Gasteiger partial charge in [-0.1, -0.05) is 18.2 Å². The topological polar surface area (TPSA) is 95.7 Å². The van der Waals surface area contributed by atoms with Crippen molar-refractivity contribution in [2.75, 3.05) is 44.7 Å². The maximum absolute atomic E-state index is 12.6. The van der Waals surface area contributed by atoms with E-state index in [0.717, 1.165) is 39.3 Å². The van der Waals surface area contributed by atoms with E-state index in [-0.39, 0.29) is 11.8 Å². The molecule has 0 aromatic heterocycles. The van der Waals surface area contributed by atoms with Gasteiger partial charge in [-0.2, -0.15) is 5.26 Å². The van der Waals surface area contributed by atoms with Crippen LogP contribution in [0.15, 0.2) is 48.5 Å². The molecule has 0 bridgehead atoms. The molecule has 0 atom stereocenters. The molecule has 29 heavy (non-hydrogen) atoms. The first kappa shape index (κ1) is 20.5. The summed E-state index contributed by atoms with van der Waals surface area (Å²) in [5, 5.41) is 14.7. The molecule has 1 aliphatic rings. The van der Waals surface area contributed by atoms with Crippen LogP contribution in [-0.2, 0) is 4.74 Å². The van der Waals surface area contributed by atoms with Gasteiger partial charge >= 0.3 is 0 Å². The third-order valence-electron chi connectivity index (χ3n) is 4.87. The lowest BCUT2D eigenvalue weighted by molar-refractivity contribution is -0.908. The molecule has 0 radical (unpaired) electrons. The SMILES string of the molecule is N#Cc1cccc(C(=O)Nc2ccccc2C(=O)NCCC[NH+]2CCOCC2)c1. The highest BCUT2D eigenvalue weighted by Gasteiger charge is 2.16. The normalized spacial score (nSPS) is 14.0. The third-order valence-corrected chi connectivity index (χ3v) is 4.87. The summed E-state index contributed by atoms with van der Waals surface area (Å²) >= 11 is 0. The fraction of sp³-hybridized carbons (Fsp3) is 0.318. The molecule has 3 rings (SSSR count). The van der Waals surface area contributed by atoms with Crippen LogP contribution < -0.4 is 15.5 Å². The molecular weight excluding hydrogens is 368 g/mol. The molecule has 2 aromatic carbocycles. The molecule has 2 aromatic rings. The van der Waals surface area contributed by atoms with Crippen LogP contribution in [0.3, 0.4) is 0 Å². The highest BCUT2D eigenvalue weighted by atomic mass is 16.5. The minimum absolute atomic E-state index is 0.219. The molecule has 1 fully saturated rings. The van der Waals surface area contributed by atoms with Gasteiger partial charge in [-0.3, -0.25) is 9.59 Å². The monoisotopic (exact) mass is 393 g/mol. The van der Waals surface area contributed by atoms with Crippen molar-refractivity contribution >= 4 is 17.5 Å². The van der Waals surface area contributed by atoms with Gasteiger partial charge in [0.15, 0.2) is 0 Å². The fourth-order valence-corrected chi connectivity index (χ4v) is 3.26. The zero-order chi connectivity index (χ0) is 20.5. The average Bonchev–Trinajstić information content (AvgIpc) is 2.77. The molecule has 1 saturated heterocycles. The van der Waals surface area contributed by atoms with E-state index >= 15 is 0 Å². The Morgan fingerprint density at radius 1 is 1.07 bits per heavy atom. The van der Waals surface area contributed by atoms with Crippen molar-refractivity contribution in [2.45, 2.75) is 6.42 Å². The number of nitriles is 1.